The zero-order valence-electron chi connectivity index (χ0n) is 22.0. The van der Waals surface area contributed by atoms with Gasteiger partial charge in [-0.3, -0.25) is 19.2 Å². The van der Waals surface area contributed by atoms with Crippen molar-refractivity contribution in [2.75, 3.05) is 6.61 Å². The number of aliphatic hydroxyl groups excluding tert-OH is 2. The van der Waals surface area contributed by atoms with E-state index in [1.807, 2.05) is 0 Å². The van der Waals surface area contributed by atoms with Crippen molar-refractivity contribution >= 4 is 24.2 Å². The first kappa shape index (κ1) is 27.7. The molecule has 1 unspecified atom stereocenters. The summed E-state index contributed by atoms with van der Waals surface area (Å²) in [6.45, 7) is 9.02. The molecule has 0 spiro atoms. The van der Waals surface area contributed by atoms with Gasteiger partial charge < -0.3 is 34.3 Å². The van der Waals surface area contributed by atoms with Crippen LogP contribution in [0.25, 0.3) is 0 Å². The molecule has 1 heterocycles. The second-order valence-electron chi connectivity index (χ2n) is 11.5. The summed E-state index contributed by atoms with van der Waals surface area (Å²) in [5.41, 5.74) is -6.23. The Labute approximate surface area is 215 Å². The fraction of sp³-hybridized carbons (Fsp3) is 0.769. The van der Waals surface area contributed by atoms with E-state index in [4.69, 9.17) is 18.9 Å². The Balaban J connectivity index is 2.04. The quantitative estimate of drug-likeness (QED) is 0.197. The maximum atomic E-state index is 14.2. The molecule has 3 fully saturated rings. The summed E-state index contributed by atoms with van der Waals surface area (Å²) < 4.78 is 22.6. The van der Waals surface area contributed by atoms with E-state index < -0.39 is 76.2 Å². The average Bonchev–Trinajstić information content (AvgIpc) is 2.81. The van der Waals surface area contributed by atoms with Gasteiger partial charge >= 0.3 is 11.9 Å². The number of Topliss-reactive ketones (excluding diaryl/α,β-unsaturated/α-hetero) is 1. The summed E-state index contributed by atoms with van der Waals surface area (Å²) in [5, 5.41) is 35.4. The van der Waals surface area contributed by atoms with Crippen LogP contribution in [0.2, 0.25) is 0 Å². The molecule has 3 aliphatic carbocycles. The summed E-state index contributed by atoms with van der Waals surface area (Å²) in [5.74, 6) is -3.33. The van der Waals surface area contributed by atoms with Gasteiger partial charge in [-0.05, 0) is 25.0 Å². The van der Waals surface area contributed by atoms with Crippen molar-refractivity contribution in [1.29, 1.82) is 0 Å². The van der Waals surface area contributed by atoms with Crippen LogP contribution in [0.1, 0.15) is 60.8 Å². The highest BCUT2D eigenvalue weighted by atomic mass is 16.6. The first-order valence-electron chi connectivity index (χ1n) is 12.6. The number of esters is 2. The van der Waals surface area contributed by atoms with Crippen molar-refractivity contribution in [2.45, 2.75) is 103 Å². The normalized spacial score (nSPS) is 44.3. The molecular weight excluding hydrogens is 488 g/mol. The van der Waals surface area contributed by atoms with Gasteiger partial charge in [-0.15, -0.1) is 0 Å². The summed E-state index contributed by atoms with van der Waals surface area (Å²) in [4.78, 5) is 50.7. The van der Waals surface area contributed by atoms with E-state index in [9.17, 15) is 34.5 Å². The highest BCUT2D eigenvalue weighted by molar-refractivity contribution is 5.93. The Hall–Kier alpha value is -2.34. The third-order valence-electron chi connectivity index (χ3n) is 9.44. The van der Waals surface area contributed by atoms with Crippen LogP contribution in [0.3, 0.4) is 0 Å². The molecule has 37 heavy (non-hydrogen) atoms. The van der Waals surface area contributed by atoms with Crippen LogP contribution in [0.5, 0.6) is 0 Å². The minimum absolute atomic E-state index is 0.0537. The summed E-state index contributed by atoms with van der Waals surface area (Å²) in [6.07, 6.45) is -6.83. The number of ether oxygens (including phenoxy) is 4. The first-order chi connectivity index (χ1) is 17.1. The lowest BCUT2D eigenvalue weighted by Gasteiger charge is -2.67. The summed E-state index contributed by atoms with van der Waals surface area (Å²) >= 11 is 0. The monoisotopic (exact) mass is 524 g/mol. The molecule has 2 bridgehead atoms. The Kier molecular flexibility index (Phi) is 6.63. The lowest BCUT2D eigenvalue weighted by Crippen LogP contribution is -2.81. The number of carbonyl (C=O) groups excluding carboxylic acids is 4. The second kappa shape index (κ2) is 8.86. The SMILES string of the molecule is CCC(=O)O[C@H]1C[C@@]2(O)[C@@H](OC=O)C3[C@](C)(C(=O)[C@H](O)C(=C1C)C2(C)C)[C@@H](O)C[C@H]1OC[C@@]31OC(C)=O. The van der Waals surface area contributed by atoms with Gasteiger partial charge in [0.15, 0.2) is 11.4 Å². The minimum atomic E-state index is -2.03. The standard InChI is InChI=1S/C26H36O11/c1-7-17(30)36-14-9-26(33)22(35-11-27)20-24(6,21(32)19(31)18(12(14)2)23(26,4)5)15(29)8-16-25(20,10-34-16)37-13(3)28/h11,14-16,19-20,22,29,31,33H,7-10H2,1-6H3/t14-,15-,16+,19+,20?,22-,24+,25-,26+/m0/s1. The second-order valence-corrected chi connectivity index (χ2v) is 11.5. The molecule has 3 N–H and O–H groups in total. The fourth-order valence-corrected chi connectivity index (χ4v) is 7.34. The van der Waals surface area contributed by atoms with Crippen LogP contribution in [-0.4, -0.2) is 87.8 Å². The van der Waals surface area contributed by atoms with Gasteiger partial charge in [0.05, 0.1) is 24.0 Å². The van der Waals surface area contributed by atoms with Crippen LogP contribution in [0, 0.1) is 16.7 Å². The number of ketones is 1. The Morgan fingerprint density at radius 1 is 1.22 bits per heavy atom. The van der Waals surface area contributed by atoms with E-state index in [-0.39, 0.29) is 37.9 Å². The molecule has 0 aromatic heterocycles. The van der Waals surface area contributed by atoms with E-state index in [0.717, 1.165) is 0 Å². The number of rotatable bonds is 5. The lowest BCUT2D eigenvalue weighted by atomic mass is 9.44. The number of hydrogen-bond donors (Lipinski definition) is 3. The topological polar surface area (TPSA) is 166 Å². The van der Waals surface area contributed by atoms with Crippen molar-refractivity contribution in [3.63, 3.8) is 0 Å². The number of hydrogen-bond acceptors (Lipinski definition) is 11. The molecule has 11 nitrogen and oxygen atoms in total. The van der Waals surface area contributed by atoms with Crippen LogP contribution < -0.4 is 0 Å². The molecule has 1 saturated heterocycles. The van der Waals surface area contributed by atoms with Gasteiger partial charge in [0.2, 0.25) is 0 Å². The largest absolute Gasteiger partial charge is 0.461 e. The van der Waals surface area contributed by atoms with Crippen molar-refractivity contribution < 1.29 is 53.4 Å². The molecule has 206 valence electrons. The number of aliphatic hydroxyl groups is 3. The highest BCUT2D eigenvalue weighted by Crippen LogP contribution is 2.63. The van der Waals surface area contributed by atoms with E-state index in [1.54, 1.807) is 27.7 Å². The van der Waals surface area contributed by atoms with E-state index >= 15 is 0 Å². The molecule has 0 radical (unpaired) electrons. The molecule has 0 aromatic rings. The Bertz CT molecular complexity index is 1050. The van der Waals surface area contributed by atoms with Crippen LogP contribution in [0.4, 0.5) is 0 Å². The maximum Gasteiger partial charge on any atom is 0.306 e. The predicted octanol–water partition coefficient (Wildman–Crippen LogP) is 0.359. The number of carbonyl (C=O) groups is 4. The molecule has 0 amide bonds. The van der Waals surface area contributed by atoms with Gasteiger partial charge in [0.25, 0.3) is 6.47 Å². The minimum Gasteiger partial charge on any atom is -0.461 e. The van der Waals surface area contributed by atoms with Crippen molar-refractivity contribution in [1.82, 2.24) is 0 Å². The zero-order valence-corrected chi connectivity index (χ0v) is 22.0. The third-order valence-corrected chi connectivity index (χ3v) is 9.44. The van der Waals surface area contributed by atoms with E-state index in [0.29, 0.717) is 5.57 Å². The van der Waals surface area contributed by atoms with Crippen molar-refractivity contribution in [3.8, 4) is 0 Å². The molecule has 11 heteroatoms. The molecular formula is C26H36O11. The van der Waals surface area contributed by atoms with Gasteiger partial charge in [0, 0.05) is 31.6 Å². The highest BCUT2D eigenvalue weighted by Gasteiger charge is 2.77. The summed E-state index contributed by atoms with van der Waals surface area (Å²) in [7, 11) is 0. The van der Waals surface area contributed by atoms with E-state index in [2.05, 4.69) is 0 Å². The molecule has 9 atom stereocenters. The van der Waals surface area contributed by atoms with E-state index in [1.165, 1.54) is 13.8 Å². The third kappa shape index (κ3) is 3.54. The Morgan fingerprint density at radius 3 is 2.38 bits per heavy atom. The summed E-state index contributed by atoms with van der Waals surface area (Å²) in [6, 6.07) is 0. The maximum absolute atomic E-state index is 14.2. The van der Waals surface area contributed by atoms with Crippen molar-refractivity contribution in [2.24, 2.45) is 16.7 Å². The van der Waals surface area contributed by atoms with Crippen LogP contribution >= 0.6 is 0 Å². The average molecular weight is 525 g/mol. The van der Waals surface area contributed by atoms with Gasteiger partial charge in [-0.25, -0.2) is 0 Å². The molecule has 1 aliphatic heterocycles. The van der Waals surface area contributed by atoms with Gasteiger partial charge in [-0.1, -0.05) is 20.8 Å². The van der Waals surface area contributed by atoms with Crippen LogP contribution in [-0.2, 0) is 38.1 Å². The first-order valence-corrected chi connectivity index (χ1v) is 12.6. The molecule has 4 aliphatic rings. The fourth-order valence-electron chi connectivity index (χ4n) is 7.34. The van der Waals surface area contributed by atoms with Gasteiger partial charge in [0.1, 0.15) is 30.0 Å². The van der Waals surface area contributed by atoms with Gasteiger partial charge in [-0.2, -0.15) is 0 Å². The van der Waals surface area contributed by atoms with Crippen molar-refractivity contribution in [3.05, 3.63) is 11.1 Å². The zero-order chi connectivity index (χ0) is 27.7. The molecule has 2 saturated carbocycles. The van der Waals surface area contributed by atoms with Crippen LogP contribution in [0.15, 0.2) is 11.1 Å². The lowest BCUT2D eigenvalue weighted by molar-refractivity contribution is -0.346. The molecule has 4 rings (SSSR count). The Morgan fingerprint density at radius 2 is 1.86 bits per heavy atom. The molecule has 0 aromatic carbocycles. The predicted molar refractivity (Wildman–Crippen MR) is 125 cm³/mol. The number of fused-ring (bicyclic) bond motifs is 5. The smallest absolute Gasteiger partial charge is 0.306 e.